The third-order valence-corrected chi connectivity index (χ3v) is 3.39. The highest BCUT2D eigenvalue weighted by atomic mass is 16.3. The summed E-state index contributed by atoms with van der Waals surface area (Å²) in [5.41, 5.74) is 1.27. The Balaban J connectivity index is 1.80. The number of phenols is 1. The topological polar surface area (TPSA) is 35.5 Å². The molecule has 0 bridgehead atoms. The molecule has 0 aliphatic carbocycles. The standard InChI is InChI=1S/C14H22N2O/c1-11(15-13-7-8-16(2)10-13)9-12-3-5-14(17)6-4-12/h3-6,11,13,15,17H,7-10H2,1-2H3. The Morgan fingerprint density at radius 2 is 2.12 bits per heavy atom. The summed E-state index contributed by atoms with van der Waals surface area (Å²) < 4.78 is 0. The number of hydrogen-bond donors (Lipinski definition) is 2. The number of phenolic OH excluding ortho intramolecular Hbond substituents is 1. The van der Waals surface area contributed by atoms with Gasteiger partial charge in [-0.3, -0.25) is 0 Å². The molecular formula is C14H22N2O. The number of aromatic hydroxyl groups is 1. The number of hydrogen-bond acceptors (Lipinski definition) is 3. The first-order valence-electron chi connectivity index (χ1n) is 6.36. The Labute approximate surface area is 103 Å². The van der Waals surface area contributed by atoms with Crippen LogP contribution in [-0.2, 0) is 6.42 Å². The van der Waals surface area contributed by atoms with Crippen LogP contribution >= 0.6 is 0 Å². The molecule has 3 nitrogen and oxygen atoms in total. The van der Waals surface area contributed by atoms with Gasteiger partial charge in [0.05, 0.1) is 0 Å². The molecule has 1 saturated heterocycles. The second kappa shape index (κ2) is 5.52. The second-order valence-corrected chi connectivity index (χ2v) is 5.19. The zero-order valence-corrected chi connectivity index (χ0v) is 10.7. The molecule has 1 heterocycles. The molecule has 1 aliphatic rings. The van der Waals surface area contributed by atoms with Crippen LogP contribution in [0.4, 0.5) is 0 Å². The molecule has 17 heavy (non-hydrogen) atoms. The van der Waals surface area contributed by atoms with Crippen molar-refractivity contribution in [3.8, 4) is 5.75 Å². The third kappa shape index (κ3) is 3.72. The summed E-state index contributed by atoms with van der Waals surface area (Å²) in [5, 5.41) is 12.9. The maximum Gasteiger partial charge on any atom is 0.115 e. The van der Waals surface area contributed by atoms with E-state index < -0.39 is 0 Å². The van der Waals surface area contributed by atoms with Gasteiger partial charge in [0.15, 0.2) is 0 Å². The molecule has 2 rings (SSSR count). The van der Waals surface area contributed by atoms with E-state index >= 15 is 0 Å². The molecular weight excluding hydrogens is 212 g/mol. The molecule has 0 saturated carbocycles. The van der Waals surface area contributed by atoms with Gasteiger partial charge in [-0.1, -0.05) is 12.1 Å². The molecule has 0 amide bonds. The van der Waals surface area contributed by atoms with Crippen LogP contribution < -0.4 is 5.32 Å². The van der Waals surface area contributed by atoms with E-state index in [2.05, 4.69) is 24.2 Å². The van der Waals surface area contributed by atoms with Gasteiger partial charge in [0, 0.05) is 18.6 Å². The fourth-order valence-electron chi connectivity index (χ4n) is 2.52. The Morgan fingerprint density at radius 3 is 2.71 bits per heavy atom. The smallest absolute Gasteiger partial charge is 0.115 e. The van der Waals surface area contributed by atoms with E-state index in [1.54, 1.807) is 12.1 Å². The molecule has 0 radical (unpaired) electrons. The molecule has 1 aliphatic heterocycles. The van der Waals surface area contributed by atoms with Crippen molar-refractivity contribution in [2.24, 2.45) is 0 Å². The van der Waals surface area contributed by atoms with Gasteiger partial charge >= 0.3 is 0 Å². The van der Waals surface area contributed by atoms with Crippen molar-refractivity contribution >= 4 is 0 Å². The molecule has 3 heteroatoms. The lowest BCUT2D eigenvalue weighted by Gasteiger charge is -2.19. The Kier molecular flexibility index (Phi) is 4.02. The zero-order chi connectivity index (χ0) is 12.3. The van der Waals surface area contributed by atoms with Crippen molar-refractivity contribution in [1.82, 2.24) is 10.2 Å². The van der Waals surface area contributed by atoms with Gasteiger partial charge in [-0.2, -0.15) is 0 Å². The van der Waals surface area contributed by atoms with Crippen molar-refractivity contribution in [3.05, 3.63) is 29.8 Å². The summed E-state index contributed by atoms with van der Waals surface area (Å²) in [6.07, 6.45) is 2.26. The van der Waals surface area contributed by atoms with Gasteiger partial charge in [-0.05, 0) is 51.1 Å². The van der Waals surface area contributed by atoms with Crippen molar-refractivity contribution in [2.75, 3.05) is 20.1 Å². The average molecular weight is 234 g/mol. The largest absolute Gasteiger partial charge is 0.508 e. The summed E-state index contributed by atoms with van der Waals surface area (Å²) in [5.74, 6) is 0.340. The zero-order valence-electron chi connectivity index (χ0n) is 10.7. The normalized spacial score (nSPS) is 22.8. The predicted octanol–water partition coefficient (Wildman–Crippen LogP) is 1.62. The van der Waals surface area contributed by atoms with Crippen LogP contribution in [0.2, 0.25) is 0 Å². The van der Waals surface area contributed by atoms with E-state index in [1.165, 1.54) is 18.5 Å². The number of nitrogens with zero attached hydrogens (tertiary/aromatic N) is 1. The monoisotopic (exact) mass is 234 g/mol. The second-order valence-electron chi connectivity index (χ2n) is 5.19. The van der Waals surface area contributed by atoms with E-state index in [-0.39, 0.29) is 0 Å². The maximum absolute atomic E-state index is 9.23. The SMILES string of the molecule is CC(Cc1ccc(O)cc1)NC1CCN(C)C1. The van der Waals surface area contributed by atoms with Crippen molar-refractivity contribution in [3.63, 3.8) is 0 Å². The van der Waals surface area contributed by atoms with Gasteiger partial charge in [-0.25, -0.2) is 0 Å². The van der Waals surface area contributed by atoms with Crippen LogP contribution in [0, 0.1) is 0 Å². The van der Waals surface area contributed by atoms with Crippen molar-refractivity contribution in [2.45, 2.75) is 31.8 Å². The predicted molar refractivity (Wildman–Crippen MR) is 70.3 cm³/mol. The molecule has 0 aromatic heterocycles. The quantitative estimate of drug-likeness (QED) is 0.831. The number of likely N-dealkylation sites (tertiary alicyclic amines) is 1. The minimum atomic E-state index is 0.340. The fourth-order valence-corrected chi connectivity index (χ4v) is 2.52. The third-order valence-electron chi connectivity index (χ3n) is 3.39. The highest BCUT2D eigenvalue weighted by Crippen LogP contribution is 2.12. The van der Waals surface area contributed by atoms with Gasteiger partial charge in [0.25, 0.3) is 0 Å². The number of nitrogens with one attached hydrogen (secondary N) is 1. The van der Waals surface area contributed by atoms with E-state index in [0.29, 0.717) is 17.8 Å². The Morgan fingerprint density at radius 1 is 1.41 bits per heavy atom. The van der Waals surface area contributed by atoms with Gasteiger partial charge in [0.1, 0.15) is 5.75 Å². The fraction of sp³-hybridized carbons (Fsp3) is 0.571. The Bertz CT molecular complexity index is 350. The summed E-state index contributed by atoms with van der Waals surface area (Å²) >= 11 is 0. The first-order chi connectivity index (χ1) is 8.13. The van der Waals surface area contributed by atoms with Gasteiger partial charge in [0.2, 0.25) is 0 Å². The number of benzene rings is 1. The van der Waals surface area contributed by atoms with Crippen LogP contribution in [-0.4, -0.2) is 42.2 Å². The lowest BCUT2D eigenvalue weighted by Crippen LogP contribution is -2.39. The Hall–Kier alpha value is -1.06. The summed E-state index contributed by atoms with van der Waals surface area (Å²) in [4.78, 5) is 2.37. The first kappa shape index (κ1) is 12.4. The summed E-state index contributed by atoms with van der Waals surface area (Å²) in [6.45, 7) is 4.58. The minimum Gasteiger partial charge on any atom is -0.508 e. The van der Waals surface area contributed by atoms with Gasteiger partial charge < -0.3 is 15.3 Å². The van der Waals surface area contributed by atoms with E-state index in [1.807, 2.05) is 12.1 Å². The molecule has 1 aromatic rings. The minimum absolute atomic E-state index is 0.340. The van der Waals surface area contributed by atoms with E-state index in [4.69, 9.17) is 0 Å². The molecule has 2 atom stereocenters. The van der Waals surface area contributed by atoms with Crippen LogP contribution in [0.25, 0.3) is 0 Å². The number of rotatable bonds is 4. The summed E-state index contributed by atoms with van der Waals surface area (Å²) in [7, 11) is 2.17. The van der Waals surface area contributed by atoms with Gasteiger partial charge in [-0.15, -0.1) is 0 Å². The lowest BCUT2D eigenvalue weighted by molar-refractivity contribution is 0.384. The average Bonchev–Trinajstić information content (AvgIpc) is 2.67. The molecule has 0 spiro atoms. The lowest BCUT2D eigenvalue weighted by atomic mass is 10.1. The molecule has 2 N–H and O–H groups in total. The highest BCUT2D eigenvalue weighted by molar-refractivity contribution is 5.26. The van der Waals surface area contributed by atoms with E-state index in [0.717, 1.165) is 13.0 Å². The van der Waals surface area contributed by atoms with Crippen LogP contribution in [0.15, 0.2) is 24.3 Å². The van der Waals surface area contributed by atoms with Crippen molar-refractivity contribution in [1.29, 1.82) is 0 Å². The summed E-state index contributed by atoms with van der Waals surface area (Å²) in [6, 6.07) is 8.61. The van der Waals surface area contributed by atoms with E-state index in [9.17, 15) is 5.11 Å². The van der Waals surface area contributed by atoms with Crippen LogP contribution in [0.3, 0.4) is 0 Å². The van der Waals surface area contributed by atoms with Crippen LogP contribution in [0.1, 0.15) is 18.9 Å². The molecule has 2 unspecified atom stereocenters. The molecule has 94 valence electrons. The maximum atomic E-state index is 9.23. The number of likely N-dealkylation sites (N-methyl/N-ethyl adjacent to an activating group) is 1. The first-order valence-corrected chi connectivity index (χ1v) is 6.36. The molecule has 1 fully saturated rings. The highest BCUT2D eigenvalue weighted by Gasteiger charge is 2.20. The van der Waals surface area contributed by atoms with Crippen LogP contribution in [0.5, 0.6) is 5.75 Å². The van der Waals surface area contributed by atoms with Crippen molar-refractivity contribution < 1.29 is 5.11 Å². The molecule has 1 aromatic carbocycles.